The lowest BCUT2D eigenvalue weighted by Gasteiger charge is -2.30. The van der Waals surface area contributed by atoms with E-state index in [-0.39, 0.29) is 0 Å². The predicted molar refractivity (Wildman–Crippen MR) is 78.9 cm³/mol. The van der Waals surface area contributed by atoms with Gasteiger partial charge in [-0.25, -0.2) is 9.97 Å². The van der Waals surface area contributed by atoms with Crippen molar-refractivity contribution in [3.8, 4) is 0 Å². The van der Waals surface area contributed by atoms with Crippen LogP contribution < -0.4 is 4.90 Å². The second-order valence-electron chi connectivity index (χ2n) is 4.86. The van der Waals surface area contributed by atoms with Crippen LogP contribution in [0.15, 0.2) is 17.8 Å². The second kappa shape index (κ2) is 5.84. The minimum absolute atomic E-state index is 0.345. The van der Waals surface area contributed by atoms with E-state index in [4.69, 9.17) is 4.74 Å². The van der Waals surface area contributed by atoms with E-state index in [0.29, 0.717) is 6.10 Å². The highest BCUT2D eigenvalue weighted by atomic mass is 32.1. The van der Waals surface area contributed by atoms with Crippen LogP contribution in [0.1, 0.15) is 26.2 Å². The van der Waals surface area contributed by atoms with Gasteiger partial charge in [-0.15, -0.1) is 11.3 Å². The molecule has 3 heterocycles. The summed E-state index contributed by atoms with van der Waals surface area (Å²) < 4.78 is 5.84. The van der Waals surface area contributed by atoms with Gasteiger partial charge >= 0.3 is 0 Å². The zero-order valence-electron chi connectivity index (χ0n) is 11.2. The molecule has 1 atom stereocenters. The summed E-state index contributed by atoms with van der Waals surface area (Å²) in [7, 11) is 0. The first-order chi connectivity index (χ1) is 9.38. The SMILES string of the molecule is CCN(CC1CCCCO1)c1ncnc2sccc12. The van der Waals surface area contributed by atoms with Crippen molar-refractivity contribution in [2.75, 3.05) is 24.6 Å². The summed E-state index contributed by atoms with van der Waals surface area (Å²) in [4.78, 5) is 12.2. The molecule has 102 valence electrons. The van der Waals surface area contributed by atoms with Crippen LogP contribution >= 0.6 is 11.3 Å². The van der Waals surface area contributed by atoms with E-state index >= 15 is 0 Å². The summed E-state index contributed by atoms with van der Waals surface area (Å²) >= 11 is 1.67. The Kier molecular flexibility index (Phi) is 3.94. The maximum Gasteiger partial charge on any atom is 0.140 e. The predicted octanol–water partition coefficient (Wildman–Crippen LogP) is 3.09. The molecule has 1 unspecified atom stereocenters. The van der Waals surface area contributed by atoms with E-state index < -0.39 is 0 Å². The quantitative estimate of drug-likeness (QED) is 0.861. The van der Waals surface area contributed by atoms with Gasteiger partial charge in [0.1, 0.15) is 17.0 Å². The largest absolute Gasteiger partial charge is 0.376 e. The van der Waals surface area contributed by atoms with Gasteiger partial charge in [-0.05, 0) is 37.6 Å². The summed E-state index contributed by atoms with van der Waals surface area (Å²) in [6, 6.07) is 2.11. The first-order valence-electron chi connectivity index (χ1n) is 6.93. The number of rotatable bonds is 4. The van der Waals surface area contributed by atoms with Crippen molar-refractivity contribution < 1.29 is 4.74 Å². The van der Waals surface area contributed by atoms with Crippen molar-refractivity contribution >= 4 is 27.4 Å². The number of aromatic nitrogens is 2. The zero-order chi connectivity index (χ0) is 13.1. The Balaban J connectivity index is 1.82. The second-order valence-corrected chi connectivity index (χ2v) is 5.76. The summed E-state index contributed by atoms with van der Waals surface area (Å²) in [6.07, 6.45) is 5.65. The Labute approximate surface area is 117 Å². The summed E-state index contributed by atoms with van der Waals surface area (Å²) in [6.45, 7) is 4.95. The molecule has 1 aliphatic rings. The minimum atomic E-state index is 0.345. The van der Waals surface area contributed by atoms with E-state index in [0.717, 1.165) is 42.2 Å². The number of anilines is 1. The normalized spacial score (nSPS) is 19.7. The third kappa shape index (κ3) is 2.72. The standard InChI is InChI=1S/C14H19N3OS/c1-2-17(9-11-5-3-4-7-18-11)13-12-6-8-19-14(12)16-10-15-13/h6,8,10-11H,2-5,7,9H2,1H3. The molecule has 0 aliphatic carbocycles. The van der Waals surface area contributed by atoms with Gasteiger partial charge in [0, 0.05) is 19.7 Å². The van der Waals surface area contributed by atoms with Crippen LogP contribution in [0.2, 0.25) is 0 Å². The molecule has 0 N–H and O–H groups in total. The lowest BCUT2D eigenvalue weighted by Crippen LogP contribution is -2.36. The van der Waals surface area contributed by atoms with Crippen LogP contribution in [0.3, 0.4) is 0 Å². The van der Waals surface area contributed by atoms with Crippen LogP contribution in [0.4, 0.5) is 5.82 Å². The summed E-state index contributed by atoms with van der Waals surface area (Å²) in [5.41, 5.74) is 0. The molecule has 2 aromatic rings. The Morgan fingerprint density at radius 1 is 1.42 bits per heavy atom. The van der Waals surface area contributed by atoms with Gasteiger partial charge in [0.25, 0.3) is 0 Å². The molecule has 1 saturated heterocycles. The van der Waals surface area contributed by atoms with E-state index in [1.807, 2.05) is 0 Å². The van der Waals surface area contributed by atoms with Gasteiger partial charge in [0.05, 0.1) is 11.5 Å². The Morgan fingerprint density at radius 2 is 2.37 bits per heavy atom. The smallest absolute Gasteiger partial charge is 0.140 e. The lowest BCUT2D eigenvalue weighted by atomic mass is 10.1. The number of fused-ring (bicyclic) bond motifs is 1. The molecule has 0 saturated carbocycles. The van der Waals surface area contributed by atoms with Crippen molar-refractivity contribution in [2.24, 2.45) is 0 Å². The van der Waals surface area contributed by atoms with Gasteiger partial charge in [-0.2, -0.15) is 0 Å². The molecular weight excluding hydrogens is 258 g/mol. The number of likely N-dealkylation sites (N-methyl/N-ethyl adjacent to an activating group) is 1. The zero-order valence-corrected chi connectivity index (χ0v) is 12.0. The van der Waals surface area contributed by atoms with Gasteiger partial charge < -0.3 is 9.64 Å². The van der Waals surface area contributed by atoms with Crippen molar-refractivity contribution in [1.82, 2.24) is 9.97 Å². The van der Waals surface area contributed by atoms with E-state index in [2.05, 4.69) is 33.2 Å². The number of thiophene rings is 1. The highest BCUT2D eigenvalue weighted by molar-refractivity contribution is 7.16. The lowest BCUT2D eigenvalue weighted by molar-refractivity contribution is 0.0210. The van der Waals surface area contributed by atoms with E-state index in [1.54, 1.807) is 17.7 Å². The molecule has 19 heavy (non-hydrogen) atoms. The number of ether oxygens (including phenoxy) is 1. The third-order valence-corrected chi connectivity index (χ3v) is 4.44. The monoisotopic (exact) mass is 277 g/mol. The van der Waals surface area contributed by atoms with E-state index in [9.17, 15) is 0 Å². The maximum atomic E-state index is 5.84. The molecule has 0 spiro atoms. The molecule has 0 radical (unpaired) electrons. The fourth-order valence-corrected chi connectivity index (χ4v) is 3.32. The number of hydrogen-bond donors (Lipinski definition) is 0. The molecular formula is C14H19N3OS. The summed E-state index contributed by atoms with van der Waals surface area (Å²) in [5, 5.41) is 3.23. The molecule has 0 amide bonds. The maximum absolute atomic E-state index is 5.84. The summed E-state index contributed by atoms with van der Waals surface area (Å²) in [5.74, 6) is 1.04. The molecule has 0 aromatic carbocycles. The molecule has 5 heteroatoms. The molecule has 0 bridgehead atoms. The van der Waals surface area contributed by atoms with Crippen molar-refractivity contribution in [3.63, 3.8) is 0 Å². The molecule has 1 aliphatic heterocycles. The first-order valence-corrected chi connectivity index (χ1v) is 7.81. The molecule has 4 nitrogen and oxygen atoms in total. The fourth-order valence-electron chi connectivity index (χ4n) is 2.59. The van der Waals surface area contributed by atoms with Gasteiger partial charge in [0.2, 0.25) is 0 Å². The van der Waals surface area contributed by atoms with Crippen LogP contribution in [0, 0.1) is 0 Å². The average Bonchev–Trinajstić information content (AvgIpc) is 2.94. The van der Waals surface area contributed by atoms with Gasteiger partial charge in [-0.3, -0.25) is 0 Å². The highest BCUT2D eigenvalue weighted by Gasteiger charge is 2.19. The molecule has 3 rings (SSSR count). The molecule has 1 fully saturated rings. The minimum Gasteiger partial charge on any atom is -0.376 e. The van der Waals surface area contributed by atoms with Crippen LogP contribution in [0.5, 0.6) is 0 Å². The van der Waals surface area contributed by atoms with Crippen LogP contribution in [-0.4, -0.2) is 35.8 Å². The van der Waals surface area contributed by atoms with Gasteiger partial charge in [-0.1, -0.05) is 0 Å². The topological polar surface area (TPSA) is 38.2 Å². The first kappa shape index (κ1) is 12.8. The molecule has 2 aromatic heterocycles. The van der Waals surface area contributed by atoms with Crippen molar-refractivity contribution in [1.29, 1.82) is 0 Å². The van der Waals surface area contributed by atoms with Crippen LogP contribution in [-0.2, 0) is 4.74 Å². The van der Waals surface area contributed by atoms with Crippen molar-refractivity contribution in [2.45, 2.75) is 32.3 Å². The van der Waals surface area contributed by atoms with Gasteiger partial charge in [0.15, 0.2) is 0 Å². The fraction of sp³-hybridized carbons (Fsp3) is 0.571. The Morgan fingerprint density at radius 3 is 3.16 bits per heavy atom. The number of nitrogens with zero attached hydrogens (tertiary/aromatic N) is 3. The highest BCUT2D eigenvalue weighted by Crippen LogP contribution is 2.27. The van der Waals surface area contributed by atoms with E-state index in [1.165, 1.54) is 12.8 Å². The Bertz CT molecular complexity index is 536. The third-order valence-electron chi connectivity index (χ3n) is 3.62. The van der Waals surface area contributed by atoms with Crippen molar-refractivity contribution in [3.05, 3.63) is 17.8 Å². The Hall–Kier alpha value is -1.20. The average molecular weight is 277 g/mol. The van der Waals surface area contributed by atoms with Crippen LogP contribution in [0.25, 0.3) is 10.2 Å². The number of hydrogen-bond acceptors (Lipinski definition) is 5.